The molecule has 0 heterocycles. The Morgan fingerprint density at radius 2 is 0.929 bits per heavy atom. The van der Waals surface area contributed by atoms with Crippen LogP contribution >= 0.6 is 30.1 Å². The van der Waals surface area contributed by atoms with Crippen molar-refractivity contribution in [1.29, 1.82) is 0 Å². The molecule has 0 amide bonds. The topological polar surface area (TPSA) is 0 Å². The second kappa shape index (κ2) is 11.0. The zero-order valence-electron chi connectivity index (χ0n) is 15.7. The fourth-order valence-corrected chi connectivity index (χ4v) is 2.05. The molecule has 0 atom stereocenters. The molecule has 0 rings (SSSR count). The van der Waals surface area contributed by atoms with E-state index in [1.807, 2.05) is 21.2 Å². The zero-order valence-corrected chi connectivity index (χ0v) is 18.7. The van der Waals surface area contributed by atoms with Crippen LogP contribution in [-0.2, 0) is 0 Å². The Balaban J connectivity index is 5.25. The van der Waals surface area contributed by atoms with Gasteiger partial charge in [-0.15, -0.1) is 6.08 Å². The minimum absolute atomic E-state index is 1.06. The minimum atomic E-state index is -1.44. The average Bonchev–Trinajstić information content (AvgIpc) is 2.54. The fourth-order valence-electron chi connectivity index (χ4n) is 1.50. The lowest BCUT2D eigenvalue weighted by atomic mass is 9.47. The summed E-state index contributed by atoms with van der Waals surface area (Å²) >= 11 is 1.99. The Morgan fingerprint density at radius 3 is 1.25 bits per heavy atom. The van der Waals surface area contributed by atoms with Crippen molar-refractivity contribution in [2.75, 3.05) is 0 Å². The molecule has 118 valence electrons. The quantitative estimate of drug-likeness (QED) is 0.225. The van der Waals surface area contributed by atoms with Crippen molar-refractivity contribution in [2.24, 2.45) is 0 Å². The third-order valence-electron chi connectivity index (χ3n) is 3.01. The number of hydrogen-bond acceptors (Lipinski definition) is 1. The van der Waals surface area contributed by atoms with Crippen LogP contribution < -0.4 is 0 Å². The van der Waals surface area contributed by atoms with Crippen LogP contribution in [0.15, 0.2) is 48.6 Å². The van der Waals surface area contributed by atoms with Crippen LogP contribution in [0.5, 0.6) is 0 Å². The summed E-state index contributed by atoms with van der Waals surface area (Å²) in [5, 5.41) is -3.99. The van der Waals surface area contributed by atoms with E-state index in [0.29, 0.717) is 0 Å². The van der Waals surface area contributed by atoms with Gasteiger partial charge in [0.05, 0.1) is 78.5 Å². The Labute approximate surface area is 200 Å². The van der Waals surface area contributed by atoms with Crippen molar-refractivity contribution in [3.05, 3.63) is 48.6 Å². The second-order valence-electron chi connectivity index (χ2n) is 6.94. The molecular weight excluding hydrogens is 459 g/mol. The first-order valence-corrected chi connectivity index (χ1v) is 11.2. The van der Waals surface area contributed by atoms with E-state index in [4.69, 9.17) is 78.5 Å². The number of halogens is 1. The SMILES string of the molecule is [B]C([B])(C)/C=C\C([B])([B])/C=C\C([B])([B])/C=C\C([B])([B])/C=C\C([B])([B])C#CSI. The van der Waals surface area contributed by atoms with Gasteiger partial charge >= 0.3 is 0 Å². The average molecular weight is 470 g/mol. The normalized spacial score (nSPS) is 14.8. The molecule has 0 spiro atoms. The highest BCUT2D eigenvalue weighted by molar-refractivity contribution is 14.2. The molecule has 0 aliphatic heterocycles. The predicted octanol–water partition coefficient (Wildman–Crippen LogP) is 1.54. The highest BCUT2D eigenvalue weighted by atomic mass is 127. The van der Waals surface area contributed by atoms with Gasteiger partial charge in [0.15, 0.2) is 0 Å². The lowest BCUT2D eigenvalue weighted by molar-refractivity contribution is 1.06. The summed E-state index contributed by atoms with van der Waals surface area (Å²) in [5.74, 6) is 2.64. The molecule has 0 aliphatic rings. The summed E-state index contributed by atoms with van der Waals surface area (Å²) in [6.45, 7) is 1.58. The lowest BCUT2D eigenvalue weighted by Crippen LogP contribution is -2.14. The minimum Gasteiger partial charge on any atom is -0.100 e. The van der Waals surface area contributed by atoms with Gasteiger partial charge in [-0.1, -0.05) is 76.2 Å². The predicted molar refractivity (Wildman–Crippen MR) is 143 cm³/mol. The molecule has 28 heavy (non-hydrogen) atoms. The van der Waals surface area contributed by atoms with Crippen molar-refractivity contribution in [2.45, 2.75) is 33.0 Å². The molecule has 0 saturated heterocycles. The summed E-state index contributed by atoms with van der Waals surface area (Å²) in [6.07, 6.45) is 11.2. The maximum Gasteiger partial charge on any atom is 0.0846 e. The summed E-state index contributed by atoms with van der Waals surface area (Å²) in [7, 11) is 59.8. The molecule has 0 fully saturated rings. The van der Waals surface area contributed by atoms with E-state index in [9.17, 15) is 0 Å². The molecule has 0 saturated carbocycles. The van der Waals surface area contributed by atoms with Gasteiger partial charge < -0.3 is 0 Å². The van der Waals surface area contributed by atoms with Crippen LogP contribution in [0.2, 0.25) is 26.1 Å². The van der Waals surface area contributed by atoms with Gasteiger partial charge in [-0.3, -0.25) is 0 Å². The van der Waals surface area contributed by atoms with E-state index in [0.717, 1.165) is 0 Å². The summed E-state index contributed by atoms with van der Waals surface area (Å²) in [6, 6.07) is 0. The molecule has 0 N–H and O–H groups in total. The third kappa shape index (κ3) is 15.1. The molecule has 12 heteroatoms. The summed E-state index contributed by atoms with van der Waals surface area (Å²) < 4.78 is 0. The first-order valence-electron chi connectivity index (χ1n) is 7.89. The Hall–Kier alpha value is 0.249. The fraction of sp³-hybridized carbons (Fsp3) is 0.375. The Bertz CT molecular complexity index is 690. The maximum absolute atomic E-state index is 5.97. The first kappa shape index (κ1) is 28.2. The Morgan fingerprint density at radius 1 is 0.607 bits per heavy atom. The van der Waals surface area contributed by atoms with Crippen LogP contribution in [0.1, 0.15) is 6.92 Å². The standard InChI is InChI=1S/C16H11B10IS/c1-12(17,18)2-3-13(19,20)4-5-14(21,22)6-7-15(23,24)8-9-16(25,26)10-11-28-27/h2-9H,1H3/b3-2-,5-4-,7-6-,9-8-. The molecular formula is C16H11B10IS. The molecule has 0 aromatic carbocycles. The molecule has 0 aromatic heterocycles. The van der Waals surface area contributed by atoms with Crippen LogP contribution in [-0.4, -0.2) is 78.5 Å². The van der Waals surface area contributed by atoms with E-state index < -0.39 is 26.1 Å². The van der Waals surface area contributed by atoms with Crippen molar-refractivity contribution < 1.29 is 0 Å². The summed E-state index contributed by atoms with van der Waals surface area (Å²) in [5.41, 5.74) is 0. The smallest absolute Gasteiger partial charge is 0.0846 e. The van der Waals surface area contributed by atoms with E-state index in [2.05, 4.69) is 11.2 Å². The molecule has 0 bridgehead atoms. The van der Waals surface area contributed by atoms with E-state index in [1.54, 1.807) is 6.92 Å². The van der Waals surface area contributed by atoms with Gasteiger partial charge in [-0.2, -0.15) is 0 Å². The number of rotatable bonds is 8. The van der Waals surface area contributed by atoms with Gasteiger partial charge in [0, 0.05) is 21.2 Å². The Kier molecular flexibility index (Phi) is 11.1. The molecule has 0 aromatic rings. The van der Waals surface area contributed by atoms with Crippen molar-refractivity contribution in [1.82, 2.24) is 0 Å². The second-order valence-corrected chi connectivity index (χ2v) is 8.62. The van der Waals surface area contributed by atoms with Crippen LogP contribution in [0.3, 0.4) is 0 Å². The van der Waals surface area contributed by atoms with Crippen LogP contribution in [0, 0.1) is 11.2 Å². The maximum atomic E-state index is 5.97. The summed E-state index contributed by atoms with van der Waals surface area (Å²) in [4.78, 5) is 0. The monoisotopic (exact) mass is 472 g/mol. The van der Waals surface area contributed by atoms with Crippen LogP contribution in [0.25, 0.3) is 0 Å². The molecule has 20 radical (unpaired) electrons. The number of hydrogen-bond donors (Lipinski definition) is 0. The van der Waals surface area contributed by atoms with E-state index >= 15 is 0 Å². The van der Waals surface area contributed by atoms with E-state index in [1.165, 1.54) is 57.5 Å². The van der Waals surface area contributed by atoms with Crippen molar-refractivity contribution in [3.63, 3.8) is 0 Å². The zero-order chi connectivity index (χ0) is 22.3. The van der Waals surface area contributed by atoms with Gasteiger partial charge in [0.1, 0.15) is 0 Å². The first-order chi connectivity index (χ1) is 12.4. The van der Waals surface area contributed by atoms with Gasteiger partial charge in [-0.25, -0.2) is 0 Å². The van der Waals surface area contributed by atoms with E-state index in [-0.39, 0.29) is 0 Å². The van der Waals surface area contributed by atoms with Crippen LogP contribution in [0.4, 0.5) is 0 Å². The highest BCUT2D eigenvalue weighted by Crippen LogP contribution is 2.32. The molecule has 0 nitrogen and oxygen atoms in total. The largest absolute Gasteiger partial charge is 0.100 e. The van der Waals surface area contributed by atoms with Gasteiger partial charge in [0.25, 0.3) is 0 Å². The van der Waals surface area contributed by atoms with Gasteiger partial charge in [-0.05, 0) is 19.4 Å². The highest BCUT2D eigenvalue weighted by Gasteiger charge is 2.17. The molecule has 0 unspecified atom stereocenters. The van der Waals surface area contributed by atoms with Gasteiger partial charge in [0.2, 0.25) is 0 Å². The van der Waals surface area contributed by atoms with Crippen molar-refractivity contribution >= 4 is 109 Å². The number of allylic oxidation sites excluding steroid dienone is 8. The van der Waals surface area contributed by atoms with Crippen molar-refractivity contribution in [3.8, 4) is 11.2 Å². The third-order valence-corrected chi connectivity index (χ3v) is 3.85. The lowest BCUT2D eigenvalue weighted by Gasteiger charge is -2.25. The molecule has 0 aliphatic carbocycles.